The molecule has 4 N–H and O–H groups in total. The predicted octanol–water partition coefficient (Wildman–Crippen LogP) is 1.60. The third-order valence-corrected chi connectivity index (χ3v) is 6.52. The Hall–Kier alpha value is -4.14. The van der Waals surface area contributed by atoms with Crippen LogP contribution in [0.1, 0.15) is 67.2 Å². The molecule has 0 aromatic carbocycles. The van der Waals surface area contributed by atoms with Crippen LogP contribution in [0.3, 0.4) is 0 Å². The Morgan fingerprint density at radius 1 is 1.02 bits per heavy atom. The first kappa shape index (κ1) is 36.9. The number of urea groups is 1. The molecule has 1 aliphatic heterocycles. The first-order valence-electron chi connectivity index (χ1n) is 14.3. The molecule has 1 fully saturated rings. The molecule has 1 unspecified atom stereocenters. The summed E-state index contributed by atoms with van der Waals surface area (Å²) in [5, 5.41) is 10.1. The average Bonchev–Trinajstić information content (AvgIpc) is 3.33. The van der Waals surface area contributed by atoms with Gasteiger partial charge in [0.25, 0.3) is 5.91 Å². The van der Waals surface area contributed by atoms with Crippen LogP contribution in [0.4, 0.5) is 4.79 Å². The number of carbonyl (C=O) groups excluding carboxylic acids is 6. The second-order valence-corrected chi connectivity index (χ2v) is 12.5. The number of hydrogen-bond acceptors (Lipinski definition) is 7. The van der Waals surface area contributed by atoms with Crippen LogP contribution in [0.5, 0.6) is 0 Å². The van der Waals surface area contributed by atoms with Gasteiger partial charge in [-0.05, 0) is 51.4 Å². The number of terminal acetylenes is 1. The maximum atomic E-state index is 14.0. The Labute approximate surface area is 254 Å². The van der Waals surface area contributed by atoms with E-state index in [9.17, 15) is 28.8 Å². The van der Waals surface area contributed by atoms with Crippen molar-refractivity contribution in [1.29, 1.82) is 0 Å². The Balaban J connectivity index is 3.19. The van der Waals surface area contributed by atoms with Gasteiger partial charge in [-0.2, -0.15) is 0 Å². The lowest BCUT2D eigenvalue weighted by Gasteiger charge is -2.35. The molecule has 1 saturated heterocycles. The maximum absolute atomic E-state index is 14.0. The number of likely N-dealkylation sites (tertiary alicyclic amines) is 1. The van der Waals surface area contributed by atoms with Gasteiger partial charge in [-0.3, -0.25) is 24.0 Å². The number of rotatable bonds is 14. The molecule has 0 saturated carbocycles. The first-order valence-corrected chi connectivity index (χ1v) is 14.3. The van der Waals surface area contributed by atoms with Crippen molar-refractivity contribution < 1.29 is 33.5 Å². The molecule has 1 aliphatic rings. The molecule has 5 amide bonds. The summed E-state index contributed by atoms with van der Waals surface area (Å²) < 4.78 is 5.20. The van der Waals surface area contributed by atoms with Gasteiger partial charge in [0, 0.05) is 19.5 Å². The van der Waals surface area contributed by atoms with E-state index in [1.165, 1.54) is 11.0 Å². The number of Topliss-reactive ketones (excluding diaryl/α,β-unsaturated/α-hetero) is 1. The molecule has 0 bridgehead atoms. The van der Waals surface area contributed by atoms with Crippen LogP contribution in [0.2, 0.25) is 0 Å². The van der Waals surface area contributed by atoms with Gasteiger partial charge in [0.05, 0.1) is 6.04 Å². The number of nitrogens with one attached hydrogen (secondary N) is 4. The Kier molecular flexibility index (Phi) is 14.1. The van der Waals surface area contributed by atoms with Gasteiger partial charge in [0.15, 0.2) is 0 Å². The molecular formula is C31H47N5O7. The maximum Gasteiger partial charge on any atom is 0.325 e. The minimum atomic E-state index is -1.20. The van der Waals surface area contributed by atoms with Gasteiger partial charge in [0.2, 0.25) is 17.6 Å². The molecule has 0 aromatic heterocycles. The van der Waals surface area contributed by atoms with Crippen LogP contribution in [0, 0.1) is 23.7 Å². The third-order valence-electron chi connectivity index (χ3n) is 6.52. The largest absolute Gasteiger partial charge is 0.459 e. The predicted molar refractivity (Wildman–Crippen MR) is 162 cm³/mol. The third kappa shape index (κ3) is 12.3. The average molecular weight is 602 g/mol. The number of esters is 1. The van der Waals surface area contributed by atoms with Crippen molar-refractivity contribution in [1.82, 2.24) is 26.2 Å². The summed E-state index contributed by atoms with van der Waals surface area (Å²) in [6.07, 6.45) is 9.45. The van der Waals surface area contributed by atoms with Crippen LogP contribution < -0.4 is 21.3 Å². The quantitative estimate of drug-likeness (QED) is 0.102. The Bertz CT molecular complexity index is 1110. The van der Waals surface area contributed by atoms with Crippen molar-refractivity contribution in [2.45, 2.75) is 91.0 Å². The Morgan fingerprint density at radius 3 is 2.21 bits per heavy atom. The Morgan fingerprint density at radius 2 is 1.67 bits per heavy atom. The van der Waals surface area contributed by atoms with Crippen molar-refractivity contribution in [2.24, 2.45) is 11.3 Å². The molecule has 1 heterocycles. The number of ketones is 1. The van der Waals surface area contributed by atoms with Crippen molar-refractivity contribution >= 4 is 35.5 Å². The van der Waals surface area contributed by atoms with E-state index in [1.807, 2.05) is 0 Å². The van der Waals surface area contributed by atoms with Crippen LogP contribution in [-0.4, -0.2) is 83.8 Å². The highest BCUT2D eigenvalue weighted by molar-refractivity contribution is 6.38. The van der Waals surface area contributed by atoms with Crippen molar-refractivity contribution in [3.8, 4) is 12.3 Å². The van der Waals surface area contributed by atoms with Gasteiger partial charge in [-0.1, -0.05) is 32.9 Å². The number of nitrogens with zero attached hydrogens (tertiary/aromatic N) is 1. The lowest BCUT2D eigenvalue weighted by molar-refractivity contribution is -0.153. The number of carbonyl (C=O) groups is 6. The normalized spacial score (nSPS) is 17.8. The highest BCUT2D eigenvalue weighted by atomic mass is 16.6. The van der Waals surface area contributed by atoms with E-state index >= 15 is 0 Å². The molecule has 43 heavy (non-hydrogen) atoms. The van der Waals surface area contributed by atoms with E-state index in [1.54, 1.807) is 47.6 Å². The van der Waals surface area contributed by atoms with Crippen LogP contribution >= 0.6 is 0 Å². The van der Waals surface area contributed by atoms with Crippen LogP contribution in [0.25, 0.3) is 0 Å². The highest BCUT2D eigenvalue weighted by Crippen LogP contribution is 2.30. The summed E-state index contributed by atoms with van der Waals surface area (Å²) in [5.41, 5.74) is -1.52. The molecule has 12 nitrogen and oxygen atoms in total. The summed E-state index contributed by atoms with van der Waals surface area (Å²) >= 11 is 0. The van der Waals surface area contributed by atoms with E-state index in [4.69, 9.17) is 11.2 Å². The molecule has 238 valence electrons. The summed E-state index contributed by atoms with van der Waals surface area (Å²) in [6.45, 7) is 17.5. The topological polar surface area (TPSA) is 163 Å². The minimum absolute atomic E-state index is 0.0311. The number of amides is 5. The van der Waals surface area contributed by atoms with Gasteiger partial charge < -0.3 is 30.9 Å². The SMILES string of the molecule is C#CCCC(NC(=O)[C@@H]1C[C@@H](CC=C)CN1C(=O)[C@@H](NC(=O)NCC(=O)OC(C)(C)C)C(C)(C)C)C(=O)C(=O)NCC=C. The summed E-state index contributed by atoms with van der Waals surface area (Å²) in [7, 11) is 0. The van der Waals surface area contributed by atoms with E-state index in [0.29, 0.717) is 6.42 Å². The molecular weight excluding hydrogens is 554 g/mol. The summed E-state index contributed by atoms with van der Waals surface area (Å²) in [4.78, 5) is 78.8. The standard InChI is InChI=1S/C31H47N5O7/c1-10-13-15-21(24(38)27(40)32-16-12-3)34-26(39)22-17-20(14-11-2)19-36(22)28(41)25(30(4,5)6)35-29(42)33-18-23(37)43-31(7,8)9/h1,11-12,20-22,25H,2-3,13-19H2,4-9H3,(H,32,40)(H,34,39)(H2,33,35,42)/t20-,21?,22+,25-/m1/s1. The zero-order valence-electron chi connectivity index (χ0n) is 26.2. The zero-order chi connectivity index (χ0) is 33.0. The summed E-state index contributed by atoms with van der Waals surface area (Å²) in [5.74, 6) is -1.22. The van der Waals surface area contributed by atoms with Crippen LogP contribution in [0.15, 0.2) is 25.3 Å². The number of hydrogen-bond donors (Lipinski definition) is 4. The lowest BCUT2D eigenvalue weighted by atomic mass is 9.85. The van der Waals surface area contributed by atoms with E-state index in [-0.39, 0.29) is 38.3 Å². The van der Waals surface area contributed by atoms with E-state index in [2.05, 4.69) is 40.3 Å². The highest BCUT2D eigenvalue weighted by Gasteiger charge is 2.45. The molecule has 0 aliphatic carbocycles. The van der Waals surface area contributed by atoms with E-state index in [0.717, 1.165) is 0 Å². The number of ether oxygens (including phenoxy) is 1. The van der Waals surface area contributed by atoms with Gasteiger partial charge in [-0.25, -0.2) is 4.79 Å². The van der Waals surface area contributed by atoms with Gasteiger partial charge >= 0.3 is 12.0 Å². The smallest absolute Gasteiger partial charge is 0.325 e. The monoisotopic (exact) mass is 601 g/mol. The molecule has 12 heteroatoms. The fourth-order valence-corrected chi connectivity index (χ4v) is 4.52. The van der Waals surface area contributed by atoms with Gasteiger partial charge in [0.1, 0.15) is 24.2 Å². The van der Waals surface area contributed by atoms with Crippen LogP contribution in [-0.2, 0) is 28.7 Å². The molecule has 4 atom stereocenters. The zero-order valence-corrected chi connectivity index (χ0v) is 26.2. The van der Waals surface area contributed by atoms with Gasteiger partial charge in [-0.15, -0.1) is 25.5 Å². The second kappa shape index (κ2) is 16.5. The van der Waals surface area contributed by atoms with Crippen molar-refractivity contribution in [3.05, 3.63) is 25.3 Å². The second-order valence-electron chi connectivity index (χ2n) is 12.5. The van der Waals surface area contributed by atoms with Crippen molar-refractivity contribution in [2.75, 3.05) is 19.6 Å². The molecule has 0 aromatic rings. The summed E-state index contributed by atoms with van der Waals surface area (Å²) in [6, 6.07) is -4.01. The molecule has 0 radical (unpaired) electrons. The first-order chi connectivity index (χ1) is 19.9. The molecule has 1 rings (SSSR count). The number of allylic oxidation sites excluding steroid dienone is 1. The van der Waals surface area contributed by atoms with E-state index < -0.39 is 71.2 Å². The fraction of sp³-hybridized carbons (Fsp3) is 0.613. The lowest BCUT2D eigenvalue weighted by Crippen LogP contribution is -2.60. The molecule has 0 spiro atoms. The van der Waals surface area contributed by atoms with Crippen molar-refractivity contribution in [3.63, 3.8) is 0 Å². The minimum Gasteiger partial charge on any atom is -0.459 e. The fourth-order valence-electron chi connectivity index (χ4n) is 4.52.